The molecule has 0 radical (unpaired) electrons. The molecule has 0 atom stereocenters. The lowest BCUT2D eigenvalue weighted by molar-refractivity contribution is -0.137. The van der Waals surface area contributed by atoms with Gasteiger partial charge in [0.2, 0.25) is 0 Å². The Morgan fingerprint density at radius 3 is 2.50 bits per heavy atom. The number of ether oxygens (including phenoxy) is 1. The van der Waals surface area contributed by atoms with Gasteiger partial charge in [-0.2, -0.15) is 18.3 Å². The van der Waals surface area contributed by atoms with E-state index in [-0.39, 0.29) is 11.6 Å². The number of nitrogens with one attached hydrogen (secondary N) is 2. The molecule has 1 saturated carbocycles. The van der Waals surface area contributed by atoms with Crippen LogP contribution < -0.4 is 16.4 Å². The monoisotopic (exact) mass is 580 g/mol. The van der Waals surface area contributed by atoms with Crippen molar-refractivity contribution in [2.45, 2.75) is 31.0 Å². The molecule has 42 heavy (non-hydrogen) atoms. The van der Waals surface area contributed by atoms with Crippen LogP contribution in [0.5, 0.6) is 0 Å². The van der Waals surface area contributed by atoms with E-state index >= 15 is 0 Å². The highest BCUT2D eigenvalue weighted by Crippen LogP contribution is 2.53. The van der Waals surface area contributed by atoms with Crippen molar-refractivity contribution in [1.29, 1.82) is 0 Å². The Morgan fingerprint density at radius 2 is 1.83 bits per heavy atom. The minimum Gasteiger partial charge on any atom is -0.382 e. The number of carbonyl (C=O) groups is 2. The van der Waals surface area contributed by atoms with Crippen LogP contribution in [0.25, 0.3) is 16.6 Å². The number of nitrogen functional groups attached to an aromatic ring is 1. The minimum absolute atomic E-state index is 0.240. The number of carbonyl (C=O) groups excluding carboxylic acids is 2. The molecule has 4 heterocycles. The summed E-state index contributed by atoms with van der Waals surface area (Å²) >= 11 is 0. The highest BCUT2D eigenvalue weighted by molar-refractivity contribution is 6.00. The molecule has 6 rings (SSSR count). The number of fused-ring (bicyclic) bond motifs is 1. The number of aromatic nitrogens is 4. The number of amides is 2. The third-order valence-electron chi connectivity index (χ3n) is 7.60. The van der Waals surface area contributed by atoms with E-state index in [9.17, 15) is 22.8 Å². The maximum absolute atomic E-state index is 13.0. The molecule has 14 heteroatoms. The normalized spacial score (nSPS) is 16.7. The zero-order valence-electron chi connectivity index (χ0n) is 22.3. The van der Waals surface area contributed by atoms with E-state index in [1.807, 2.05) is 0 Å². The summed E-state index contributed by atoms with van der Waals surface area (Å²) in [4.78, 5) is 35.2. The fourth-order valence-electron chi connectivity index (χ4n) is 5.34. The summed E-state index contributed by atoms with van der Waals surface area (Å²) in [5.74, 6) is 0.0297. The Hall–Kier alpha value is -4.56. The molecule has 218 valence electrons. The van der Waals surface area contributed by atoms with Gasteiger partial charge in [-0.15, -0.1) is 0 Å². The Balaban J connectivity index is 1.32. The summed E-state index contributed by atoms with van der Waals surface area (Å²) in [6, 6.07) is 7.69. The molecule has 4 N–H and O–H groups in total. The second-order valence-electron chi connectivity index (χ2n) is 10.3. The van der Waals surface area contributed by atoms with Crippen LogP contribution in [0.15, 0.2) is 48.9 Å². The van der Waals surface area contributed by atoms with Gasteiger partial charge in [0.15, 0.2) is 5.82 Å². The van der Waals surface area contributed by atoms with Gasteiger partial charge >= 0.3 is 12.2 Å². The molecule has 1 aromatic carbocycles. The first kappa shape index (κ1) is 27.6. The quantitative estimate of drug-likeness (QED) is 0.278. The zero-order chi connectivity index (χ0) is 29.5. The van der Waals surface area contributed by atoms with Crippen LogP contribution in [0.1, 0.15) is 29.7 Å². The Kier molecular flexibility index (Phi) is 7.02. The topological polar surface area (TPSA) is 140 Å². The van der Waals surface area contributed by atoms with Gasteiger partial charge in [0.05, 0.1) is 29.9 Å². The number of hydrogen-bond acceptors (Lipinski definition) is 8. The predicted molar refractivity (Wildman–Crippen MR) is 148 cm³/mol. The highest BCUT2D eigenvalue weighted by Gasteiger charge is 2.49. The number of aldehydes is 1. The largest absolute Gasteiger partial charge is 0.416 e. The zero-order valence-corrected chi connectivity index (χ0v) is 22.3. The number of alkyl halides is 3. The summed E-state index contributed by atoms with van der Waals surface area (Å²) in [5.41, 5.74) is 9.03. The van der Waals surface area contributed by atoms with Crippen molar-refractivity contribution < 1.29 is 27.5 Å². The van der Waals surface area contributed by atoms with E-state index in [2.05, 4.69) is 30.6 Å². The predicted octanol–water partition coefficient (Wildman–Crippen LogP) is 4.10. The van der Waals surface area contributed by atoms with Gasteiger partial charge in [0.1, 0.15) is 23.9 Å². The van der Waals surface area contributed by atoms with Crippen molar-refractivity contribution in [3.8, 4) is 11.1 Å². The number of urea groups is 1. The average Bonchev–Trinajstić information content (AvgIpc) is 3.70. The summed E-state index contributed by atoms with van der Waals surface area (Å²) in [6.45, 7) is 3.28. The Bertz CT molecular complexity index is 1640. The van der Waals surface area contributed by atoms with E-state index in [4.69, 9.17) is 10.5 Å². The van der Waals surface area contributed by atoms with Gasteiger partial charge in [-0.3, -0.25) is 10.2 Å². The van der Waals surface area contributed by atoms with Gasteiger partial charge in [-0.1, -0.05) is 12.1 Å². The van der Waals surface area contributed by atoms with Gasteiger partial charge in [-0.25, -0.2) is 19.3 Å². The van der Waals surface area contributed by atoms with E-state index < -0.39 is 23.2 Å². The molecule has 2 amide bonds. The van der Waals surface area contributed by atoms with E-state index in [0.29, 0.717) is 43.8 Å². The van der Waals surface area contributed by atoms with Crippen molar-refractivity contribution in [2.24, 2.45) is 0 Å². The molecule has 11 nitrogen and oxygen atoms in total. The van der Waals surface area contributed by atoms with Crippen LogP contribution in [-0.2, 0) is 27.7 Å². The molecule has 4 aromatic rings. The number of rotatable bonds is 7. The van der Waals surface area contributed by atoms with Crippen molar-refractivity contribution in [3.63, 3.8) is 0 Å². The van der Waals surface area contributed by atoms with E-state index in [0.717, 1.165) is 60.1 Å². The van der Waals surface area contributed by atoms with Crippen LogP contribution in [0, 0.1) is 0 Å². The third-order valence-corrected chi connectivity index (χ3v) is 7.60. The minimum atomic E-state index is -4.56. The van der Waals surface area contributed by atoms with Crippen LogP contribution >= 0.6 is 0 Å². The van der Waals surface area contributed by atoms with Crippen molar-refractivity contribution >= 4 is 35.2 Å². The number of halogens is 3. The molecular formula is C28H27F3N8O3. The molecular weight excluding hydrogens is 553 g/mol. The van der Waals surface area contributed by atoms with Crippen LogP contribution in [-0.4, -0.2) is 63.1 Å². The van der Waals surface area contributed by atoms with Crippen LogP contribution in [0.3, 0.4) is 0 Å². The summed E-state index contributed by atoms with van der Waals surface area (Å²) in [6.07, 6.45) is 0.208. The van der Waals surface area contributed by atoms with Crippen LogP contribution in [0.4, 0.5) is 35.3 Å². The van der Waals surface area contributed by atoms with Gasteiger partial charge in [-0.05, 0) is 48.2 Å². The first-order chi connectivity index (χ1) is 20.2. The summed E-state index contributed by atoms with van der Waals surface area (Å²) in [7, 11) is 0. The highest BCUT2D eigenvalue weighted by atomic mass is 19.4. The molecule has 3 aromatic heterocycles. The van der Waals surface area contributed by atoms with Crippen molar-refractivity contribution in [3.05, 3.63) is 65.7 Å². The molecule has 0 spiro atoms. The SMILES string of the molecule is Nc1ncnn2c(CN3CCOCC3)c(C3(C=O)CC3)c(-c3ccc(NC(=O)Nc4cc(C(F)(F)F)ccn4)cc3)c12. The molecule has 2 fully saturated rings. The average molecular weight is 581 g/mol. The first-order valence-corrected chi connectivity index (χ1v) is 13.3. The molecule has 1 aliphatic carbocycles. The number of nitrogens with zero attached hydrogens (tertiary/aromatic N) is 5. The van der Waals surface area contributed by atoms with E-state index in [1.54, 1.807) is 28.8 Å². The lowest BCUT2D eigenvalue weighted by atomic mass is 9.89. The standard InChI is InChI=1S/C28H27F3N8O3/c29-28(30,31)18-5-8-33-21(13-18)37-26(41)36-19-3-1-17(2-4-19)22-23(27(15-40)6-7-27)20(14-38-9-11-42-12-10-38)39-24(22)25(32)34-16-35-39/h1-5,8,13,15-16H,6-7,9-12,14H2,(H2,32,34,35)(H2,33,36,37,41). The number of nitrogens with two attached hydrogens (primary N) is 1. The number of anilines is 3. The molecule has 1 saturated heterocycles. The first-order valence-electron chi connectivity index (χ1n) is 13.3. The lowest BCUT2D eigenvalue weighted by Gasteiger charge is -2.27. The van der Waals surface area contributed by atoms with Crippen molar-refractivity contribution in [2.75, 3.05) is 42.7 Å². The maximum atomic E-state index is 13.0. The maximum Gasteiger partial charge on any atom is 0.416 e. The molecule has 2 aliphatic rings. The lowest BCUT2D eigenvalue weighted by Crippen LogP contribution is -2.36. The number of benzene rings is 1. The second-order valence-corrected chi connectivity index (χ2v) is 10.3. The fraction of sp³-hybridized carbons (Fsp3) is 0.321. The van der Waals surface area contributed by atoms with Gasteiger partial charge in [0.25, 0.3) is 0 Å². The fourth-order valence-corrected chi connectivity index (χ4v) is 5.34. The molecule has 0 unspecified atom stereocenters. The van der Waals surface area contributed by atoms with Crippen molar-refractivity contribution in [1.82, 2.24) is 24.5 Å². The number of morpholine rings is 1. The van der Waals surface area contributed by atoms with Gasteiger partial charge < -0.3 is 20.6 Å². The number of hydrogen-bond donors (Lipinski definition) is 3. The van der Waals surface area contributed by atoms with Crippen LogP contribution in [0.2, 0.25) is 0 Å². The molecule has 0 bridgehead atoms. The smallest absolute Gasteiger partial charge is 0.382 e. The summed E-state index contributed by atoms with van der Waals surface area (Å²) in [5, 5.41) is 9.44. The second kappa shape index (κ2) is 10.7. The Morgan fingerprint density at radius 1 is 1.10 bits per heavy atom. The van der Waals surface area contributed by atoms with E-state index in [1.165, 1.54) is 6.33 Å². The number of pyridine rings is 1. The third kappa shape index (κ3) is 5.25. The van der Waals surface area contributed by atoms with Gasteiger partial charge in [0, 0.05) is 37.1 Å². The Labute approximate surface area is 237 Å². The molecule has 1 aliphatic heterocycles. The summed E-state index contributed by atoms with van der Waals surface area (Å²) < 4.78 is 46.3.